The van der Waals surface area contributed by atoms with Crippen molar-refractivity contribution < 1.29 is 14.4 Å². The Morgan fingerprint density at radius 3 is 2.41 bits per heavy atom. The first kappa shape index (κ1) is 19.6. The summed E-state index contributed by atoms with van der Waals surface area (Å²) in [5.41, 5.74) is 3.10. The molecule has 1 spiro atoms. The van der Waals surface area contributed by atoms with Crippen molar-refractivity contribution in [2.24, 2.45) is 5.41 Å². The van der Waals surface area contributed by atoms with Crippen molar-refractivity contribution in [1.82, 2.24) is 9.47 Å². The van der Waals surface area contributed by atoms with Crippen molar-refractivity contribution in [3.63, 3.8) is 0 Å². The highest BCUT2D eigenvalue weighted by atomic mass is 16.2. The second kappa shape index (κ2) is 7.62. The number of likely N-dealkylation sites (tertiary alicyclic amines) is 1. The molecule has 0 unspecified atom stereocenters. The van der Waals surface area contributed by atoms with Crippen LogP contribution in [-0.2, 0) is 16.1 Å². The van der Waals surface area contributed by atoms with E-state index >= 15 is 0 Å². The summed E-state index contributed by atoms with van der Waals surface area (Å²) in [6.45, 7) is 4.46. The molecule has 1 saturated heterocycles. The van der Waals surface area contributed by atoms with Crippen LogP contribution in [0, 0.1) is 19.3 Å². The molecule has 0 radical (unpaired) electrons. The number of rotatable bonds is 5. The molecule has 0 bridgehead atoms. The summed E-state index contributed by atoms with van der Waals surface area (Å²) < 4.78 is 2.11. The molecule has 0 N–H and O–H groups in total. The van der Waals surface area contributed by atoms with E-state index in [4.69, 9.17) is 0 Å². The normalized spacial score (nSPS) is 18.6. The lowest BCUT2D eigenvalue weighted by Gasteiger charge is -2.30. The fourth-order valence-electron chi connectivity index (χ4n) is 4.96. The summed E-state index contributed by atoms with van der Waals surface area (Å²) in [6, 6.07) is 12.0. The predicted molar refractivity (Wildman–Crippen MR) is 111 cm³/mol. The number of carbonyl (C=O) groups excluding carboxylic acids is 3. The van der Waals surface area contributed by atoms with Crippen molar-refractivity contribution in [3.8, 4) is 0 Å². The lowest BCUT2D eigenvalue weighted by molar-refractivity contribution is -0.141. The highest BCUT2D eigenvalue weighted by Gasteiger charge is 2.51. The number of hydrogen-bond donors (Lipinski definition) is 0. The minimum absolute atomic E-state index is 0.131. The molecule has 152 valence electrons. The standard InChI is InChI=1S/C24H28N2O3/c1-17-13-20(18(2)25(17)15-19-9-5-3-6-10-19)21(27)16-26-22(28)14-24(23(26)29)11-7-4-8-12-24/h3,5-6,9-10,13H,4,7-8,11-12,14-16H2,1-2H3. The Kier molecular flexibility index (Phi) is 5.15. The molecule has 29 heavy (non-hydrogen) atoms. The fourth-order valence-corrected chi connectivity index (χ4v) is 4.96. The van der Waals surface area contributed by atoms with E-state index in [1.54, 1.807) is 0 Å². The summed E-state index contributed by atoms with van der Waals surface area (Å²) in [7, 11) is 0. The number of imide groups is 1. The molecule has 2 aliphatic rings. The van der Waals surface area contributed by atoms with Crippen LogP contribution in [0.5, 0.6) is 0 Å². The average molecular weight is 392 g/mol. The van der Waals surface area contributed by atoms with Gasteiger partial charge in [0.2, 0.25) is 11.8 Å². The molecule has 5 heteroatoms. The number of amides is 2. The number of ketones is 1. The molecule has 5 nitrogen and oxygen atoms in total. The van der Waals surface area contributed by atoms with Gasteiger partial charge in [0.05, 0.1) is 12.0 Å². The maximum Gasteiger partial charge on any atom is 0.236 e. The van der Waals surface area contributed by atoms with Gasteiger partial charge in [0, 0.05) is 29.9 Å². The molecule has 1 saturated carbocycles. The first-order valence-electron chi connectivity index (χ1n) is 10.5. The van der Waals surface area contributed by atoms with Crippen molar-refractivity contribution in [2.75, 3.05) is 6.54 Å². The van der Waals surface area contributed by atoms with Crippen LogP contribution in [0.25, 0.3) is 0 Å². The van der Waals surface area contributed by atoms with E-state index < -0.39 is 5.41 Å². The van der Waals surface area contributed by atoms with Crippen LogP contribution in [0.2, 0.25) is 0 Å². The van der Waals surface area contributed by atoms with Gasteiger partial charge in [-0.25, -0.2) is 0 Å². The summed E-state index contributed by atoms with van der Waals surface area (Å²) >= 11 is 0. The maximum atomic E-state index is 13.0. The van der Waals surface area contributed by atoms with Crippen molar-refractivity contribution >= 4 is 17.6 Å². The molecule has 2 heterocycles. The van der Waals surface area contributed by atoms with Crippen LogP contribution in [0.3, 0.4) is 0 Å². The van der Waals surface area contributed by atoms with Crippen LogP contribution < -0.4 is 0 Å². The Morgan fingerprint density at radius 1 is 1.03 bits per heavy atom. The number of Topliss-reactive ketones (excluding diaryl/α,β-unsaturated/α-hetero) is 1. The average Bonchev–Trinajstić information content (AvgIpc) is 3.12. The quantitative estimate of drug-likeness (QED) is 0.570. The zero-order valence-electron chi connectivity index (χ0n) is 17.2. The van der Waals surface area contributed by atoms with Gasteiger partial charge in [-0.15, -0.1) is 0 Å². The number of benzene rings is 1. The minimum Gasteiger partial charge on any atom is -0.344 e. The molecule has 0 atom stereocenters. The van der Waals surface area contributed by atoms with E-state index in [1.807, 2.05) is 38.1 Å². The van der Waals surface area contributed by atoms with E-state index in [1.165, 1.54) is 4.90 Å². The van der Waals surface area contributed by atoms with E-state index in [-0.39, 0.29) is 30.6 Å². The zero-order chi connectivity index (χ0) is 20.6. The van der Waals surface area contributed by atoms with Gasteiger partial charge in [-0.2, -0.15) is 0 Å². The largest absolute Gasteiger partial charge is 0.344 e. The Labute approximate surface area is 171 Å². The fraction of sp³-hybridized carbons (Fsp3) is 0.458. The summed E-state index contributed by atoms with van der Waals surface area (Å²) in [4.78, 5) is 39.8. The Bertz CT molecular complexity index is 952. The first-order chi connectivity index (χ1) is 13.9. The number of hydrogen-bond acceptors (Lipinski definition) is 3. The molecule has 1 aromatic carbocycles. The summed E-state index contributed by atoms with van der Waals surface area (Å²) in [5.74, 6) is -0.482. The topological polar surface area (TPSA) is 59.4 Å². The van der Waals surface area contributed by atoms with Gasteiger partial charge in [0.15, 0.2) is 5.78 Å². The summed E-state index contributed by atoms with van der Waals surface area (Å²) in [5, 5.41) is 0. The molecule has 1 aliphatic heterocycles. The van der Waals surface area contributed by atoms with Crippen molar-refractivity contribution in [3.05, 3.63) is 58.9 Å². The molecule has 4 rings (SSSR count). The van der Waals surface area contributed by atoms with Crippen LogP contribution in [0.15, 0.2) is 36.4 Å². The SMILES string of the molecule is Cc1cc(C(=O)CN2C(=O)CC3(CCCCC3)C2=O)c(C)n1Cc1ccccc1. The Hall–Kier alpha value is -2.69. The highest BCUT2D eigenvalue weighted by Crippen LogP contribution is 2.45. The highest BCUT2D eigenvalue weighted by molar-refractivity contribution is 6.10. The zero-order valence-corrected chi connectivity index (χ0v) is 17.2. The van der Waals surface area contributed by atoms with E-state index in [0.717, 1.165) is 49.1 Å². The minimum atomic E-state index is -0.542. The molecule has 2 amide bonds. The van der Waals surface area contributed by atoms with E-state index in [9.17, 15) is 14.4 Å². The van der Waals surface area contributed by atoms with Gasteiger partial charge in [-0.3, -0.25) is 19.3 Å². The number of aryl methyl sites for hydroxylation is 1. The second-order valence-electron chi connectivity index (χ2n) is 8.58. The molecular formula is C24H28N2O3. The number of carbonyl (C=O) groups is 3. The molecular weight excluding hydrogens is 364 g/mol. The third-order valence-corrected chi connectivity index (χ3v) is 6.66. The third kappa shape index (κ3) is 3.54. The van der Waals surface area contributed by atoms with Gasteiger partial charge in [-0.05, 0) is 38.3 Å². The molecule has 2 fully saturated rings. The van der Waals surface area contributed by atoms with Gasteiger partial charge < -0.3 is 4.57 Å². The molecule has 1 aromatic heterocycles. The summed E-state index contributed by atoms with van der Waals surface area (Å²) in [6.07, 6.45) is 4.91. The van der Waals surface area contributed by atoms with E-state index in [0.29, 0.717) is 12.1 Å². The van der Waals surface area contributed by atoms with Crippen LogP contribution in [0.4, 0.5) is 0 Å². The Morgan fingerprint density at radius 2 is 1.72 bits per heavy atom. The van der Waals surface area contributed by atoms with Gasteiger partial charge in [-0.1, -0.05) is 49.6 Å². The second-order valence-corrected chi connectivity index (χ2v) is 8.58. The molecule has 1 aliphatic carbocycles. The number of aromatic nitrogens is 1. The van der Waals surface area contributed by atoms with Gasteiger partial charge in [0.1, 0.15) is 0 Å². The monoisotopic (exact) mass is 392 g/mol. The van der Waals surface area contributed by atoms with Gasteiger partial charge >= 0.3 is 0 Å². The van der Waals surface area contributed by atoms with Crippen molar-refractivity contribution in [2.45, 2.75) is 58.9 Å². The van der Waals surface area contributed by atoms with Crippen molar-refractivity contribution in [1.29, 1.82) is 0 Å². The maximum absolute atomic E-state index is 13.0. The van der Waals surface area contributed by atoms with Gasteiger partial charge in [0.25, 0.3) is 0 Å². The smallest absolute Gasteiger partial charge is 0.236 e. The molecule has 2 aromatic rings. The lowest BCUT2D eigenvalue weighted by atomic mass is 9.73. The van der Waals surface area contributed by atoms with Crippen LogP contribution in [0.1, 0.15) is 65.8 Å². The first-order valence-corrected chi connectivity index (χ1v) is 10.5. The Balaban J connectivity index is 1.52. The lowest BCUT2D eigenvalue weighted by Crippen LogP contribution is -2.39. The number of nitrogens with zero attached hydrogens (tertiary/aromatic N) is 2. The van der Waals surface area contributed by atoms with Crippen LogP contribution in [-0.4, -0.2) is 33.6 Å². The van der Waals surface area contributed by atoms with Crippen LogP contribution >= 0.6 is 0 Å². The predicted octanol–water partition coefficient (Wildman–Crippen LogP) is 4.05. The van der Waals surface area contributed by atoms with E-state index in [2.05, 4.69) is 16.7 Å². The third-order valence-electron chi connectivity index (χ3n) is 6.66.